The zero-order chi connectivity index (χ0) is 13.9. The number of carbonyl (C=O) groups is 1. The number of amides is 1. The van der Waals surface area contributed by atoms with E-state index in [0.717, 1.165) is 12.5 Å². The first kappa shape index (κ1) is 13.2. The Morgan fingerprint density at radius 1 is 1.35 bits per heavy atom. The van der Waals surface area contributed by atoms with Crippen LogP contribution in [0.2, 0.25) is 0 Å². The van der Waals surface area contributed by atoms with Crippen molar-refractivity contribution in [2.45, 2.75) is 19.4 Å². The van der Waals surface area contributed by atoms with Gasteiger partial charge in [-0.25, -0.2) is 0 Å². The summed E-state index contributed by atoms with van der Waals surface area (Å²) in [5.41, 5.74) is 2.42. The van der Waals surface area contributed by atoms with E-state index in [4.69, 9.17) is 0 Å². The molecule has 1 aromatic carbocycles. The number of nitrogens with zero attached hydrogens (tertiary/aromatic N) is 1. The number of aryl methyl sites for hydroxylation is 1. The number of fused-ring (bicyclic) bond motifs is 1. The number of hydrogen-bond acceptors (Lipinski definition) is 2. The summed E-state index contributed by atoms with van der Waals surface area (Å²) in [6, 6.07) is 10.5. The number of rotatable bonds is 6. The van der Waals surface area contributed by atoms with Crippen molar-refractivity contribution in [3.63, 3.8) is 0 Å². The maximum Gasteiger partial charge on any atom is 0.233 e. The highest BCUT2D eigenvalue weighted by Crippen LogP contribution is 2.27. The molecular formula is C16H21N3O. The molecule has 0 atom stereocenters. The van der Waals surface area contributed by atoms with Gasteiger partial charge in [-0.1, -0.05) is 18.2 Å². The van der Waals surface area contributed by atoms with Gasteiger partial charge in [0.15, 0.2) is 0 Å². The average molecular weight is 271 g/mol. The van der Waals surface area contributed by atoms with E-state index < -0.39 is 0 Å². The third kappa shape index (κ3) is 3.02. The Labute approximate surface area is 119 Å². The van der Waals surface area contributed by atoms with E-state index in [0.29, 0.717) is 13.1 Å². The standard InChI is InChI=1S/C16H21N3O/c1-19-14(8-13-4-2-3-5-15(13)19)10-17-11-16(20)18-9-12-6-7-12/h2-5,8,12,17H,6-7,9-11H2,1H3,(H,18,20). The SMILES string of the molecule is Cn1c(CNCC(=O)NCC2CC2)cc2ccccc21. The van der Waals surface area contributed by atoms with Crippen LogP contribution in [0.5, 0.6) is 0 Å². The van der Waals surface area contributed by atoms with Gasteiger partial charge in [0.1, 0.15) is 0 Å². The zero-order valence-corrected chi connectivity index (χ0v) is 11.9. The Kier molecular flexibility index (Phi) is 3.74. The molecule has 0 radical (unpaired) electrons. The number of hydrogen-bond donors (Lipinski definition) is 2. The van der Waals surface area contributed by atoms with E-state index in [2.05, 4.69) is 40.4 Å². The number of aromatic nitrogens is 1. The van der Waals surface area contributed by atoms with Crippen LogP contribution in [0.15, 0.2) is 30.3 Å². The molecule has 2 N–H and O–H groups in total. The first-order chi connectivity index (χ1) is 9.74. The molecule has 1 aromatic heterocycles. The van der Waals surface area contributed by atoms with Crippen molar-refractivity contribution in [2.75, 3.05) is 13.1 Å². The van der Waals surface area contributed by atoms with Crippen LogP contribution >= 0.6 is 0 Å². The minimum absolute atomic E-state index is 0.0932. The summed E-state index contributed by atoms with van der Waals surface area (Å²) < 4.78 is 2.17. The van der Waals surface area contributed by atoms with Gasteiger partial charge in [-0.15, -0.1) is 0 Å². The van der Waals surface area contributed by atoms with Crippen molar-refractivity contribution >= 4 is 16.8 Å². The third-order valence-electron chi connectivity index (χ3n) is 3.93. The largest absolute Gasteiger partial charge is 0.355 e. The summed E-state index contributed by atoms with van der Waals surface area (Å²) in [7, 11) is 2.06. The van der Waals surface area contributed by atoms with Crippen LogP contribution in [0.25, 0.3) is 10.9 Å². The van der Waals surface area contributed by atoms with Crippen molar-refractivity contribution in [1.82, 2.24) is 15.2 Å². The van der Waals surface area contributed by atoms with Gasteiger partial charge in [-0.05, 0) is 36.3 Å². The van der Waals surface area contributed by atoms with Crippen LogP contribution < -0.4 is 10.6 Å². The summed E-state index contributed by atoms with van der Waals surface area (Å²) in [6.45, 7) is 1.94. The van der Waals surface area contributed by atoms with Crippen molar-refractivity contribution in [3.8, 4) is 0 Å². The molecule has 1 heterocycles. The summed E-state index contributed by atoms with van der Waals surface area (Å²) in [6.07, 6.45) is 2.54. The first-order valence-electron chi connectivity index (χ1n) is 7.25. The quantitative estimate of drug-likeness (QED) is 0.841. The lowest BCUT2D eigenvalue weighted by Gasteiger charge is -2.07. The lowest BCUT2D eigenvalue weighted by atomic mass is 10.2. The lowest BCUT2D eigenvalue weighted by Crippen LogP contribution is -2.34. The lowest BCUT2D eigenvalue weighted by molar-refractivity contribution is -0.120. The summed E-state index contributed by atoms with van der Waals surface area (Å²) in [5, 5.41) is 7.42. The van der Waals surface area contributed by atoms with Gasteiger partial charge in [-0.3, -0.25) is 4.79 Å². The Morgan fingerprint density at radius 3 is 2.90 bits per heavy atom. The number of carbonyl (C=O) groups excluding carboxylic acids is 1. The summed E-state index contributed by atoms with van der Waals surface area (Å²) in [4.78, 5) is 11.6. The predicted molar refractivity (Wildman–Crippen MR) is 80.4 cm³/mol. The van der Waals surface area contributed by atoms with E-state index in [-0.39, 0.29) is 5.91 Å². The molecule has 1 amide bonds. The monoisotopic (exact) mass is 271 g/mol. The topological polar surface area (TPSA) is 46.1 Å². The van der Waals surface area contributed by atoms with Crippen LogP contribution in [0.1, 0.15) is 18.5 Å². The van der Waals surface area contributed by atoms with Crippen LogP contribution in [0.4, 0.5) is 0 Å². The third-order valence-corrected chi connectivity index (χ3v) is 3.93. The van der Waals surface area contributed by atoms with Crippen LogP contribution in [-0.4, -0.2) is 23.6 Å². The molecule has 1 fully saturated rings. The Morgan fingerprint density at radius 2 is 2.15 bits per heavy atom. The van der Waals surface area contributed by atoms with Gasteiger partial charge >= 0.3 is 0 Å². The summed E-state index contributed by atoms with van der Waals surface area (Å²) >= 11 is 0. The smallest absolute Gasteiger partial charge is 0.233 e. The fourth-order valence-electron chi connectivity index (χ4n) is 2.46. The van der Waals surface area contributed by atoms with Gasteiger partial charge in [-0.2, -0.15) is 0 Å². The highest BCUT2D eigenvalue weighted by molar-refractivity contribution is 5.81. The van der Waals surface area contributed by atoms with Gasteiger partial charge in [0.05, 0.1) is 6.54 Å². The Hall–Kier alpha value is -1.81. The molecule has 1 aliphatic carbocycles. The predicted octanol–water partition coefficient (Wildman–Crippen LogP) is 1.79. The second-order valence-corrected chi connectivity index (χ2v) is 5.60. The molecule has 1 aliphatic rings. The molecule has 2 aromatic rings. The van der Waals surface area contributed by atoms with Crippen molar-refractivity contribution in [3.05, 3.63) is 36.0 Å². The maximum atomic E-state index is 11.6. The van der Waals surface area contributed by atoms with Gasteiger partial charge in [0.2, 0.25) is 5.91 Å². The van der Waals surface area contributed by atoms with Crippen LogP contribution in [0.3, 0.4) is 0 Å². The molecule has 106 valence electrons. The molecular weight excluding hydrogens is 250 g/mol. The number of para-hydroxylation sites is 1. The molecule has 0 unspecified atom stereocenters. The van der Waals surface area contributed by atoms with Gasteiger partial charge in [0, 0.05) is 31.3 Å². The molecule has 20 heavy (non-hydrogen) atoms. The fourth-order valence-corrected chi connectivity index (χ4v) is 2.46. The molecule has 1 saturated carbocycles. The van der Waals surface area contributed by atoms with E-state index in [9.17, 15) is 4.79 Å². The molecule has 3 rings (SSSR count). The second kappa shape index (κ2) is 5.67. The normalized spacial score (nSPS) is 14.7. The highest BCUT2D eigenvalue weighted by Gasteiger charge is 2.21. The van der Waals surface area contributed by atoms with Crippen molar-refractivity contribution < 1.29 is 4.79 Å². The molecule has 0 spiro atoms. The molecule has 0 bridgehead atoms. The Balaban J connectivity index is 1.51. The maximum absolute atomic E-state index is 11.6. The van der Waals surface area contributed by atoms with Crippen molar-refractivity contribution in [1.29, 1.82) is 0 Å². The second-order valence-electron chi connectivity index (χ2n) is 5.60. The van der Waals surface area contributed by atoms with Crippen molar-refractivity contribution in [2.24, 2.45) is 13.0 Å². The van der Waals surface area contributed by atoms with E-state index in [1.165, 1.54) is 29.4 Å². The zero-order valence-electron chi connectivity index (χ0n) is 11.9. The first-order valence-corrected chi connectivity index (χ1v) is 7.25. The van der Waals surface area contributed by atoms with Gasteiger partial charge in [0.25, 0.3) is 0 Å². The fraction of sp³-hybridized carbons (Fsp3) is 0.438. The average Bonchev–Trinajstić information content (AvgIpc) is 3.23. The van der Waals surface area contributed by atoms with E-state index in [1.54, 1.807) is 0 Å². The van der Waals surface area contributed by atoms with Gasteiger partial charge < -0.3 is 15.2 Å². The van der Waals surface area contributed by atoms with E-state index >= 15 is 0 Å². The van der Waals surface area contributed by atoms with Crippen LogP contribution in [-0.2, 0) is 18.4 Å². The molecule has 0 saturated heterocycles. The molecule has 4 nitrogen and oxygen atoms in total. The number of nitrogens with one attached hydrogen (secondary N) is 2. The number of benzene rings is 1. The van der Waals surface area contributed by atoms with Crippen LogP contribution in [0, 0.1) is 5.92 Å². The van der Waals surface area contributed by atoms with E-state index in [1.807, 2.05) is 12.1 Å². The highest BCUT2D eigenvalue weighted by atomic mass is 16.1. The molecule has 4 heteroatoms. The minimum Gasteiger partial charge on any atom is -0.355 e. The Bertz CT molecular complexity index is 613. The summed E-state index contributed by atoms with van der Waals surface area (Å²) in [5.74, 6) is 0.827. The minimum atomic E-state index is 0.0932. The molecule has 0 aliphatic heterocycles.